The monoisotopic (exact) mass is 283 g/mol. The van der Waals surface area contributed by atoms with E-state index in [-0.39, 0.29) is 0 Å². The van der Waals surface area contributed by atoms with Gasteiger partial charge in [-0.15, -0.1) is 0 Å². The van der Waals surface area contributed by atoms with E-state index in [0.717, 1.165) is 32.5 Å². The first-order valence-electron chi connectivity index (χ1n) is 8.51. The van der Waals surface area contributed by atoms with Gasteiger partial charge in [0.2, 0.25) is 0 Å². The summed E-state index contributed by atoms with van der Waals surface area (Å²) in [5, 5.41) is 10.5. The highest BCUT2D eigenvalue weighted by molar-refractivity contribution is 4.89. The van der Waals surface area contributed by atoms with Crippen LogP contribution in [0.5, 0.6) is 0 Å². The summed E-state index contributed by atoms with van der Waals surface area (Å²) in [5.74, 6) is 0. The Hall–Kier alpha value is -0.160. The van der Waals surface area contributed by atoms with Crippen LogP contribution in [0.15, 0.2) is 0 Å². The zero-order chi connectivity index (χ0) is 14.6. The van der Waals surface area contributed by atoms with Crippen LogP contribution in [0.3, 0.4) is 0 Å². The number of likely N-dealkylation sites (tertiary alicyclic amines) is 1. The molecule has 118 valence electrons. The molecule has 0 aliphatic carbocycles. The molecular weight excluding hydrogens is 250 g/mol. The van der Waals surface area contributed by atoms with E-state index in [1.165, 1.54) is 39.1 Å². The van der Waals surface area contributed by atoms with Crippen molar-refractivity contribution in [2.45, 2.75) is 51.7 Å². The van der Waals surface area contributed by atoms with Crippen molar-refractivity contribution < 1.29 is 5.11 Å². The Morgan fingerprint density at radius 3 is 2.15 bits per heavy atom. The number of piperazine rings is 1. The molecule has 0 radical (unpaired) electrons. The molecule has 1 atom stereocenters. The minimum absolute atomic E-state index is 0.476. The van der Waals surface area contributed by atoms with Crippen molar-refractivity contribution >= 4 is 0 Å². The van der Waals surface area contributed by atoms with Gasteiger partial charge in [-0.05, 0) is 32.4 Å². The molecule has 2 aliphatic rings. The summed E-state index contributed by atoms with van der Waals surface area (Å²) in [7, 11) is 0. The quantitative estimate of drug-likeness (QED) is 0.795. The van der Waals surface area contributed by atoms with E-state index in [0.29, 0.717) is 6.04 Å². The molecule has 20 heavy (non-hydrogen) atoms. The Balaban J connectivity index is 1.78. The van der Waals surface area contributed by atoms with E-state index in [9.17, 15) is 5.11 Å². The van der Waals surface area contributed by atoms with Gasteiger partial charge in [-0.3, -0.25) is 9.80 Å². The molecule has 2 rings (SSSR count). The zero-order valence-corrected chi connectivity index (χ0v) is 13.6. The maximum atomic E-state index is 10.5. The van der Waals surface area contributed by atoms with Gasteiger partial charge in [0.25, 0.3) is 0 Å². The van der Waals surface area contributed by atoms with Crippen LogP contribution in [0.2, 0.25) is 0 Å². The normalized spacial score (nSPS) is 27.3. The molecule has 2 aliphatic heterocycles. The Morgan fingerprint density at radius 2 is 1.60 bits per heavy atom. The fourth-order valence-electron chi connectivity index (χ4n) is 3.59. The Kier molecular flexibility index (Phi) is 5.84. The maximum absolute atomic E-state index is 10.5. The van der Waals surface area contributed by atoms with Crippen molar-refractivity contribution in [1.29, 1.82) is 0 Å². The lowest BCUT2D eigenvalue weighted by molar-refractivity contribution is 0.0000169. The third kappa shape index (κ3) is 3.94. The van der Waals surface area contributed by atoms with Gasteiger partial charge < -0.3 is 10.0 Å². The van der Waals surface area contributed by atoms with E-state index in [1.807, 2.05) is 0 Å². The third-order valence-electron chi connectivity index (χ3n) is 5.45. The lowest BCUT2D eigenvalue weighted by Crippen LogP contribution is -2.51. The minimum atomic E-state index is -0.476. The highest BCUT2D eigenvalue weighted by Gasteiger charge is 2.33. The van der Waals surface area contributed by atoms with Gasteiger partial charge in [-0.1, -0.05) is 20.8 Å². The van der Waals surface area contributed by atoms with Crippen LogP contribution in [0.1, 0.15) is 40.0 Å². The summed E-state index contributed by atoms with van der Waals surface area (Å²) in [4.78, 5) is 7.68. The Morgan fingerprint density at radius 1 is 0.950 bits per heavy atom. The van der Waals surface area contributed by atoms with Gasteiger partial charge in [0.05, 0.1) is 5.60 Å². The molecule has 0 aromatic rings. The molecule has 0 spiro atoms. The van der Waals surface area contributed by atoms with Gasteiger partial charge in [0.1, 0.15) is 0 Å². The Bertz CT molecular complexity index is 285. The molecule has 1 N–H and O–H groups in total. The SMILES string of the molecule is CCN1CCN(C2CCN(CC(O)(CC)CC)C2)CC1. The molecule has 0 aromatic carbocycles. The highest BCUT2D eigenvalue weighted by Crippen LogP contribution is 2.22. The topological polar surface area (TPSA) is 30.0 Å². The van der Waals surface area contributed by atoms with Crippen LogP contribution in [-0.2, 0) is 0 Å². The first-order valence-corrected chi connectivity index (χ1v) is 8.51. The van der Waals surface area contributed by atoms with Crippen molar-refractivity contribution in [3.63, 3.8) is 0 Å². The summed E-state index contributed by atoms with van der Waals surface area (Å²) in [6.07, 6.45) is 3.00. The molecule has 2 heterocycles. The fourth-order valence-corrected chi connectivity index (χ4v) is 3.59. The number of hydrogen-bond donors (Lipinski definition) is 1. The second-order valence-electron chi connectivity index (χ2n) is 6.58. The van der Waals surface area contributed by atoms with Crippen molar-refractivity contribution in [1.82, 2.24) is 14.7 Å². The number of aliphatic hydroxyl groups is 1. The van der Waals surface area contributed by atoms with Gasteiger partial charge in [0.15, 0.2) is 0 Å². The lowest BCUT2D eigenvalue weighted by atomic mass is 9.97. The first-order chi connectivity index (χ1) is 9.60. The van der Waals surface area contributed by atoms with Crippen LogP contribution in [0.4, 0.5) is 0 Å². The number of rotatable bonds is 6. The summed E-state index contributed by atoms with van der Waals surface area (Å²) in [6.45, 7) is 15.7. The predicted octanol–water partition coefficient (Wildman–Crippen LogP) is 1.25. The molecule has 0 aromatic heterocycles. The second kappa shape index (κ2) is 7.21. The molecular formula is C16H33N3O. The largest absolute Gasteiger partial charge is 0.389 e. The number of hydrogen-bond acceptors (Lipinski definition) is 4. The molecule has 2 saturated heterocycles. The van der Waals surface area contributed by atoms with Crippen LogP contribution >= 0.6 is 0 Å². The second-order valence-corrected chi connectivity index (χ2v) is 6.58. The first kappa shape index (κ1) is 16.2. The van der Waals surface area contributed by atoms with Crippen LogP contribution < -0.4 is 0 Å². The highest BCUT2D eigenvalue weighted by atomic mass is 16.3. The standard InChI is InChI=1S/C16H33N3O/c1-4-16(20,5-2)14-18-8-7-15(13-18)19-11-9-17(6-3)10-12-19/h15,20H,4-14H2,1-3H3. The minimum Gasteiger partial charge on any atom is -0.389 e. The summed E-state index contributed by atoms with van der Waals surface area (Å²) in [6, 6.07) is 0.715. The van der Waals surface area contributed by atoms with E-state index >= 15 is 0 Å². The number of likely N-dealkylation sites (N-methyl/N-ethyl adjacent to an activating group) is 1. The average molecular weight is 283 g/mol. The summed E-state index contributed by atoms with van der Waals surface area (Å²) >= 11 is 0. The predicted molar refractivity (Wildman–Crippen MR) is 84.1 cm³/mol. The number of nitrogens with zero attached hydrogens (tertiary/aromatic N) is 3. The smallest absolute Gasteiger partial charge is 0.0768 e. The average Bonchev–Trinajstić information content (AvgIpc) is 2.95. The van der Waals surface area contributed by atoms with Gasteiger partial charge in [-0.25, -0.2) is 0 Å². The lowest BCUT2D eigenvalue weighted by Gasteiger charge is -2.38. The number of β-amino-alcohol motifs (C(OH)–C–C–N with tert-alkyl or cyclic N) is 1. The van der Waals surface area contributed by atoms with Crippen LogP contribution in [0.25, 0.3) is 0 Å². The van der Waals surface area contributed by atoms with Gasteiger partial charge in [-0.2, -0.15) is 0 Å². The van der Waals surface area contributed by atoms with Gasteiger partial charge >= 0.3 is 0 Å². The van der Waals surface area contributed by atoms with Crippen molar-refractivity contribution in [2.75, 3.05) is 52.4 Å². The molecule has 1 unspecified atom stereocenters. The molecule has 2 fully saturated rings. The van der Waals surface area contributed by atoms with E-state index in [1.54, 1.807) is 0 Å². The molecule has 0 amide bonds. The van der Waals surface area contributed by atoms with Crippen molar-refractivity contribution in [2.24, 2.45) is 0 Å². The molecule has 4 nitrogen and oxygen atoms in total. The van der Waals surface area contributed by atoms with E-state index < -0.39 is 5.60 Å². The van der Waals surface area contributed by atoms with E-state index in [4.69, 9.17) is 0 Å². The van der Waals surface area contributed by atoms with Crippen molar-refractivity contribution in [3.05, 3.63) is 0 Å². The maximum Gasteiger partial charge on any atom is 0.0768 e. The third-order valence-corrected chi connectivity index (χ3v) is 5.45. The molecule has 0 saturated carbocycles. The van der Waals surface area contributed by atoms with Crippen LogP contribution in [0, 0.1) is 0 Å². The van der Waals surface area contributed by atoms with Crippen molar-refractivity contribution in [3.8, 4) is 0 Å². The van der Waals surface area contributed by atoms with E-state index in [2.05, 4.69) is 35.5 Å². The zero-order valence-electron chi connectivity index (χ0n) is 13.6. The van der Waals surface area contributed by atoms with Gasteiger partial charge in [0, 0.05) is 45.3 Å². The fraction of sp³-hybridized carbons (Fsp3) is 1.00. The summed E-state index contributed by atoms with van der Waals surface area (Å²) < 4.78 is 0. The Labute approximate surface area is 124 Å². The van der Waals surface area contributed by atoms with Crippen LogP contribution in [-0.4, -0.2) is 83.8 Å². The summed E-state index contributed by atoms with van der Waals surface area (Å²) in [5.41, 5.74) is -0.476. The molecule has 0 bridgehead atoms. The molecule has 4 heteroatoms.